The highest BCUT2D eigenvalue weighted by molar-refractivity contribution is 7.98. The van der Waals surface area contributed by atoms with E-state index in [0.717, 1.165) is 57.3 Å². The summed E-state index contributed by atoms with van der Waals surface area (Å²) in [6.45, 7) is 0.828. The third-order valence-electron chi connectivity index (χ3n) is 3.51. The van der Waals surface area contributed by atoms with Gasteiger partial charge in [-0.15, -0.1) is 0 Å². The monoisotopic (exact) mass is 270 g/mol. The van der Waals surface area contributed by atoms with Crippen molar-refractivity contribution in [2.75, 3.05) is 18.6 Å². The van der Waals surface area contributed by atoms with E-state index in [-0.39, 0.29) is 5.92 Å². The number of nitriles is 1. The van der Waals surface area contributed by atoms with Gasteiger partial charge in [0.25, 0.3) is 0 Å². The molecule has 3 nitrogen and oxygen atoms in total. The van der Waals surface area contributed by atoms with Crippen molar-refractivity contribution in [2.24, 2.45) is 11.7 Å². The highest BCUT2D eigenvalue weighted by Gasteiger charge is 2.21. The van der Waals surface area contributed by atoms with Crippen LogP contribution in [0.5, 0.6) is 0 Å². The molecule has 4 heteroatoms. The van der Waals surface area contributed by atoms with Crippen LogP contribution in [0.4, 0.5) is 0 Å². The third-order valence-corrected chi connectivity index (χ3v) is 4.27. The van der Waals surface area contributed by atoms with E-state index in [0.29, 0.717) is 12.1 Å². The molecule has 104 valence electrons. The number of thioether (sulfide) groups is 1. The van der Waals surface area contributed by atoms with E-state index in [9.17, 15) is 0 Å². The number of nitrogens with two attached hydrogens (primary N) is 1. The van der Waals surface area contributed by atoms with E-state index in [1.54, 1.807) is 0 Å². The van der Waals surface area contributed by atoms with Crippen molar-refractivity contribution in [2.45, 2.75) is 57.1 Å². The van der Waals surface area contributed by atoms with Gasteiger partial charge in [-0.2, -0.15) is 17.0 Å². The standard InChI is InChI=1S/C14H26N2OS/c1-18-11-13(16)6-2-3-8-17-14-7-4-5-12(9-14)10-15/h12-14H,2-9,11,16H2,1H3. The molecule has 0 spiro atoms. The molecule has 1 fully saturated rings. The Morgan fingerprint density at radius 3 is 3.00 bits per heavy atom. The van der Waals surface area contributed by atoms with Crippen LogP contribution < -0.4 is 5.73 Å². The molecule has 1 saturated carbocycles. The summed E-state index contributed by atoms with van der Waals surface area (Å²) in [4.78, 5) is 0. The van der Waals surface area contributed by atoms with Crippen LogP contribution in [0.3, 0.4) is 0 Å². The summed E-state index contributed by atoms with van der Waals surface area (Å²) in [7, 11) is 0. The normalized spacial score (nSPS) is 25.6. The zero-order valence-corrected chi connectivity index (χ0v) is 12.3. The number of ether oxygens (including phenoxy) is 1. The van der Waals surface area contributed by atoms with Gasteiger partial charge >= 0.3 is 0 Å². The number of hydrogen-bond acceptors (Lipinski definition) is 4. The highest BCUT2D eigenvalue weighted by atomic mass is 32.2. The molecule has 0 aromatic carbocycles. The van der Waals surface area contributed by atoms with Gasteiger partial charge in [-0.05, 0) is 51.2 Å². The zero-order chi connectivity index (χ0) is 13.2. The van der Waals surface area contributed by atoms with Crippen molar-refractivity contribution in [3.05, 3.63) is 0 Å². The van der Waals surface area contributed by atoms with Gasteiger partial charge in [-0.1, -0.05) is 0 Å². The Hall–Kier alpha value is -0.240. The smallest absolute Gasteiger partial charge is 0.0656 e. The minimum absolute atomic E-state index is 0.221. The summed E-state index contributed by atoms with van der Waals surface area (Å²) in [5, 5.41) is 8.91. The lowest BCUT2D eigenvalue weighted by molar-refractivity contribution is 0.0180. The summed E-state index contributed by atoms with van der Waals surface area (Å²) in [6, 6.07) is 2.70. The summed E-state index contributed by atoms with van der Waals surface area (Å²) >= 11 is 1.81. The van der Waals surface area contributed by atoms with Gasteiger partial charge in [0.05, 0.1) is 12.2 Å². The summed E-state index contributed by atoms with van der Waals surface area (Å²) < 4.78 is 5.86. The average Bonchev–Trinajstić information content (AvgIpc) is 2.39. The molecule has 3 unspecified atom stereocenters. The predicted molar refractivity (Wildman–Crippen MR) is 77.5 cm³/mol. The van der Waals surface area contributed by atoms with Gasteiger partial charge in [0.1, 0.15) is 0 Å². The Morgan fingerprint density at radius 1 is 1.44 bits per heavy atom. The molecule has 0 aromatic heterocycles. The lowest BCUT2D eigenvalue weighted by atomic mass is 9.88. The maximum atomic E-state index is 8.91. The first-order valence-corrected chi connectivity index (χ1v) is 8.41. The molecule has 0 heterocycles. The second-order valence-electron chi connectivity index (χ2n) is 5.20. The van der Waals surface area contributed by atoms with Crippen LogP contribution in [0.25, 0.3) is 0 Å². The van der Waals surface area contributed by atoms with Gasteiger partial charge in [0.2, 0.25) is 0 Å². The predicted octanol–water partition coefficient (Wildman–Crippen LogP) is 2.95. The fraction of sp³-hybridized carbons (Fsp3) is 0.929. The molecule has 0 aliphatic heterocycles. The topological polar surface area (TPSA) is 59.0 Å². The molecule has 0 radical (unpaired) electrons. The maximum absolute atomic E-state index is 8.91. The fourth-order valence-electron chi connectivity index (χ4n) is 2.47. The SMILES string of the molecule is CSCC(N)CCCCOC1CCCC(C#N)C1. The van der Waals surface area contributed by atoms with E-state index in [1.807, 2.05) is 11.8 Å². The molecule has 1 aliphatic rings. The van der Waals surface area contributed by atoms with Crippen LogP contribution in [0.2, 0.25) is 0 Å². The molecule has 2 N–H and O–H groups in total. The van der Waals surface area contributed by atoms with E-state index in [1.165, 1.54) is 0 Å². The van der Waals surface area contributed by atoms with Crippen molar-refractivity contribution in [1.29, 1.82) is 5.26 Å². The lowest BCUT2D eigenvalue weighted by Gasteiger charge is -2.25. The zero-order valence-electron chi connectivity index (χ0n) is 11.4. The number of hydrogen-bond donors (Lipinski definition) is 1. The first-order valence-electron chi connectivity index (χ1n) is 7.02. The Kier molecular flexibility index (Phi) is 8.49. The van der Waals surface area contributed by atoms with Crippen LogP contribution in [-0.2, 0) is 4.74 Å². The third kappa shape index (κ3) is 6.63. The first-order chi connectivity index (χ1) is 8.76. The molecule has 3 atom stereocenters. The van der Waals surface area contributed by atoms with E-state index >= 15 is 0 Å². The van der Waals surface area contributed by atoms with E-state index < -0.39 is 0 Å². The van der Waals surface area contributed by atoms with Gasteiger partial charge in [0.15, 0.2) is 0 Å². The molecule has 0 amide bonds. The van der Waals surface area contributed by atoms with Crippen molar-refractivity contribution in [1.82, 2.24) is 0 Å². The van der Waals surface area contributed by atoms with Gasteiger partial charge in [-0.3, -0.25) is 0 Å². The molecule has 0 bridgehead atoms. The second kappa shape index (κ2) is 9.66. The van der Waals surface area contributed by atoms with Crippen LogP contribution in [0, 0.1) is 17.2 Å². The number of nitrogens with zero attached hydrogens (tertiary/aromatic N) is 1. The van der Waals surface area contributed by atoms with Crippen molar-refractivity contribution in [3.8, 4) is 6.07 Å². The van der Waals surface area contributed by atoms with Gasteiger partial charge < -0.3 is 10.5 Å². The van der Waals surface area contributed by atoms with E-state index in [2.05, 4.69) is 12.3 Å². The maximum Gasteiger partial charge on any atom is 0.0656 e. The molecule has 1 rings (SSSR count). The minimum atomic E-state index is 0.221. The quantitative estimate of drug-likeness (QED) is 0.689. The Labute approximate surface area is 115 Å². The summed E-state index contributed by atoms with van der Waals surface area (Å²) in [5.74, 6) is 1.27. The van der Waals surface area contributed by atoms with Crippen LogP contribution in [-0.4, -0.2) is 30.8 Å². The van der Waals surface area contributed by atoms with Crippen molar-refractivity contribution >= 4 is 11.8 Å². The Morgan fingerprint density at radius 2 is 2.28 bits per heavy atom. The fourth-order valence-corrected chi connectivity index (χ4v) is 3.06. The molecule has 0 aromatic rings. The van der Waals surface area contributed by atoms with Crippen LogP contribution in [0.15, 0.2) is 0 Å². The molecule has 1 aliphatic carbocycles. The summed E-state index contributed by atoms with van der Waals surface area (Å²) in [5.41, 5.74) is 5.95. The summed E-state index contributed by atoms with van der Waals surface area (Å²) in [6.07, 6.45) is 10.0. The van der Waals surface area contributed by atoms with Crippen LogP contribution >= 0.6 is 11.8 Å². The largest absolute Gasteiger partial charge is 0.378 e. The lowest BCUT2D eigenvalue weighted by Crippen LogP contribution is -2.24. The van der Waals surface area contributed by atoms with Gasteiger partial charge in [0, 0.05) is 24.3 Å². The van der Waals surface area contributed by atoms with E-state index in [4.69, 9.17) is 15.7 Å². The Balaban J connectivity index is 1.99. The molecular formula is C14H26N2OS. The number of unbranched alkanes of at least 4 members (excludes halogenated alkanes) is 1. The van der Waals surface area contributed by atoms with Crippen LogP contribution in [0.1, 0.15) is 44.9 Å². The molecule has 0 saturated heterocycles. The highest BCUT2D eigenvalue weighted by Crippen LogP contribution is 2.25. The Bertz CT molecular complexity index is 255. The second-order valence-corrected chi connectivity index (χ2v) is 6.11. The van der Waals surface area contributed by atoms with Gasteiger partial charge in [-0.25, -0.2) is 0 Å². The molecular weight excluding hydrogens is 244 g/mol. The first kappa shape index (κ1) is 15.8. The van der Waals surface area contributed by atoms with Crippen molar-refractivity contribution < 1.29 is 4.74 Å². The number of rotatable bonds is 8. The van der Waals surface area contributed by atoms with Crippen molar-refractivity contribution in [3.63, 3.8) is 0 Å². The molecule has 18 heavy (non-hydrogen) atoms. The average molecular weight is 270 g/mol. The minimum Gasteiger partial charge on any atom is -0.378 e.